The minimum Gasteiger partial charge on any atom is -0.507 e. The van der Waals surface area contributed by atoms with E-state index in [-0.39, 0.29) is 23.8 Å². The minimum atomic E-state index is -0.295. The van der Waals surface area contributed by atoms with Crippen molar-refractivity contribution in [2.24, 2.45) is 0 Å². The van der Waals surface area contributed by atoms with Gasteiger partial charge in [-0.2, -0.15) is 0 Å². The third-order valence-corrected chi connectivity index (χ3v) is 6.77. The summed E-state index contributed by atoms with van der Waals surface area (Å²) in [6.45, 7) is 0.0968. The van der Waals surface area contributed by atoms with Crippen molar-refractivity contribution in [2.75, 3.05) is 12.3 Å². The van der Waals surface area contributed by atoms with Crippen molar-refractivity contribution >= 4 is 29.2 Å². The van der Waals surface area contributed by atoms with Crippen LogP contribution in [0.15, 0.2) is 103 Å². The molecule has 3 aromatic heterocycles. The third kappa shape index (κ3) is 5.53. The molecule has 0 saturated heterocycles. The summed E-state index contributed by atoms with van der Waals surface area (Å²) in [4.78, 5) is 37.7. The largest absolute Gasteiger partial charge is 0.507 e. The lowest BCUT2D eigenvalue weighted by molar-refractivity contribution is 0.0958. The standard InChI is InChI=1S/C34H24N6O3/c35-31-27(9-5-18-36-31)32-39-29-17-16-28(23-7-2-1-3-8-23)38-33(29)40(32)26-14-12-24(13-15-26)34(43)37-19-4-6-22-10-11-25(21-41)30(42)20-22/h1-3,5,7-18,20-21,42H,19H2,(H2,35,36)(H,37,43). The molecule has 0 bridgehead atoms. The fourth-order valence-electron chi connectivity index (χ4n) is 4.61. The van der Waals surface area contributed by atoms with Gasteiger partial charge in [0.05, 0.1) is 23.4 Å². The van der Waals surface area contributed by atoms with Crippen LogP contribution in [0, 0.1) is 11.8 Å². The number of hydrogen-bond acceptors (Lipinski definition) is 7. The average Bonchev–Trinajstić information content (AvgIpc) is 3.42. The van der Waals surface area contributed by atoms with Gasteiger partial charge in [0.25, 0.3) is 5.91 Å². The van der Waals surface area contributed by atoms with E-state index in [1.54, 1.807) is 30.5 Å². The molecule has 9 heteroatoms. The van der Waals surface area contributed by atoms with Gasteiger partial charge in [0, 0.05) is 28.6 Å². The number of benzene rings is 3. The second-order valence-corrected chi connectivity index (χ2v) is 9.54. The number of carbonyl (C=O) groups is 2. The van der Waals surface area contributed by atoms with Crippen LogP contribution in [0.3, 0.4) is 0 Å². The monoisotopic (exact) mass is 564 g/mol. The molecule has 0 aliphatic rings. The number of fused-ring (bicyclic) bond motifs is 1. The topological polar surface area (TPSA) is 136 Å². The molecule has 3 heterocycles. The molecule has 0 radical (unpaired) electrons. The number of amides is 1. The molecule has 0 aliphatic heterocycles. The summed E-state index contributed by atoms with van der Waals surface area (Å²) in [7, 11) is 0. The van der Waals surface area contributed by atoms with Gasteiger partial charge in [-0.15, -0.1) is 0 Å². The third-order valence-electron chi connectivity index (χ3n) is 6.77. The Morgan fingerprint density at radius 1 is 0.953 bits per heavy atom. The molecule has 9 nitrogen and oxygen atoms in total. The molecule has 43 heavy (non-hydrogen) atoms. The van der Waals surface area contributed by atoms with Crippen molar-refractivity contribution in [3.05, 3.63) is 120 Å². The van der Waals surface area contributed by atoms with Gasteiger partial charge in [0.1, 0.15) is 17.1 Å². The Kier molecular flexibility index (Phi) is 7.32. The zero-order valence-corrected chi connectivity index (χ0v) is 22.7. The maximum Gasteiger partial charge on any atom is 0.252 e. The lowest BCUT2D eigenvalue weighted by Crippen LogP contribution is -2.23. The zero-order chi connectivity index (χ0) is 29.8. The Bertz CT molecular complexity index is 2040. The highest BCUT2D eigenvalue weighted by atomic mass is 16.3. The highest BCUT2D eigenvalue weighted by Gasteiger charge is 2.19. The number of aromatic nitrogens is 4. The van der Waals surface area contributed by atoms with Crippen LogP contribution in [0.4, 0.5) is 5.82 Å². The normalized spacial score (nSPS) is 10.6. The summed E-state index contributed by atoms with van der Waals surface area (Å²) in [5.74, 6) is 6.20. The number of carbonyl (C=O) groups excluding carboxylic acids is 2. The number of nitrogens with zero attached hydrogens (tertiary/aromatic N) is 4. The van der Waals surface area contributed by atoms with E-state index in [4.69, 9.17) is 15.7 Å². The van der Waals surface area contributed by atoms with E-state index in [2.05, 4.69) is 22.1 Å². The van der Waals surface area contributed by atoms with Crippen molar-refractivity contribution in [1.82, 2.24) is 24.8 Å². The van der Waals surface area contributed by atoms with Crippen LogP contribution in [0.1, 0.15) is 26.3 Å². The predicted octanol–water partition coefficient (Wildman–Crippen LogP) is 5.03. The lowest BCUT2D eigenvalue weighted by atomic mass is 10.1. The van der Waals surface area contributed by atoms with Gasteiger partial charge >= 0.3 is 0 Å². The van der Waals surface area contributed by atoms with Gasteiger partial charge in [-0.25, -0.2) is 15.0 Å². The number of nitrogens with two attached hydrogens (primary N) is 1. The number of anilines is 1. The van der Waals surface area contributed by atoms with E-state index < -0.39 is 0 Å². The molecule has 0 saturated carbocycles. The summed E-state index contributed by atoms with van der Waals surface area (Å²) in [6, 6.07) is 29.0. The van der Waals surface area contributed by atoms with Crippen LogP contribution in [0.25, 0.3) is 39.5 Å². The second kappa shape index (κ2) is 11.7. The van der Waals surface area contributed by atoms with Gasteiger partial charge in [0.2, 0.25) is 0 Å². The van der Waals surface area contributed by atoms with E-state index in [0.29, 0.717) is 45.8 Å². The summed E-state index contributed by atoms with van der Waals surface area (Å²) in [5, 5.41) is 12.6. The first-order valence-electron chi connectivity index (χ1n) is 13.3. The van der Waals surface area contributed by atoms with E-state index in [1.807, 2.05) is 65.2 Å². The molecule has 0 spiro atoms. The molecule has 0 fully saturated rings. The predicted molar refractivity (Wildman–Crippen MR) is 165 cm³/mol. The lowest BCUT2D eigenvalue weighted by Gasteiger charge is -2.11. The van der Waals surface area contributed by atoms with E-state index in [0.717, 1.165) is 16.9 Å². The first kappa shape index (κ1) is 26.9. The quantitative estimate of drug-likeness (QED) is 0.191. The van der Waals surface area contributed by atoms with E-state index in [9.17, 15) is 14.7 Å². The molecule has 6 aromatic rings. The minimum absolute atomic E-state index is 0.0968. The second-order valence-electron chi connectivity index (χ2n) is 9.54. The van der Waals surface area contributed by atoms with Crippen molar-refractivity contribution in [3.8, 4) is 45.9 Å². The number of hydrogen-bond donors (Lipinski definition) is 3. The molecule has 208 valence electrons. The first-order valence-corrected chi connectivity index (χ1v) is 13.3. The molecule has 6 rings (SSSR count). The number of nitrogen functional groups attached to an aromatic ring is 1. The molecule has 1 amide bonds. The van der Waals surface area contributed by atoms with Gasteiger partial charge in [-0.3, -0.25) is 14.2 Å². The van der Waals surface area contributed by atoms with Gasteiger partial charge < -0.3 is 16.2 Å². The van der Waals surface area contributed by atoms with Gasteiger partial charge in [0.15, 0.2) is 17.8 Å². The van der Waals surface area contributed by atoms with Crippen LogP contribution < -0.4 is 11.1 Å². The highest BCUT2D eigenvalue weighted by Crippen LogP contribution is 2.31. The Morgan fingerprint density at radius 3 is 2.51 bits per heavy atom. The van der Waals surface area contributed by atoms with E-state index >= 15 is 0 Å². The van der Waals surface area contributed by atoms with Crippen LogP contribution in [-0.2, 0) is 0 Å². The van der Waals surface area contributed by atoms with Crippen LogP contribution in [0.5, 0.6) is 5.75 Å². The number of pyridine rings is 2. The van der Waals surface area contributed by atoms with Crippen LogP contribution in [-0.4, -0.2) is 43.4 Å². The van der Waals surface area contributed by atoms with Gasteiger partial charge in [-0.1, -0.05) is 42.2 Å². The zero-order valence-electron chi connectivity index (χ0n) is 22.7. The first-order chi connectivity index (χ1) is 21.0. The fourth-order valence-corrected chi connectivity index (χ4v) is 4.61. The molecule has 0 atom stereocenters. The Balaban J connectivity index is 1.30. The summed E-state index contributed by atoms with van der Waals surface area (Å²) in [6.07, 6.45) is 2.20. The van der Waals surface area contributed by atoms with Crippen LogP contribution in [0.2, 0.25) is 0 Å². The fraction of sp³-hybridized carbons (Fsp3) is 0.0294. The summed E-state index contributed by atoms with van der Waals surface area (Å²) < 4.78 is 1.91. The molecule has 0 unspecified atom stereocenters. The SMILES string of the molecule is Nc1ncccc1-c1nc2ccc(-c3ccccc3)nc2n1-c1ccc(C(=O)NCC#Cc2ccc(C=O)c(O)c2)cc1. The smallest absolute Gasteiger partial charge is 0.252 e. The number of aldehydes is 1. The van der Waals surface area contributed by atoms with Crippen molar-refractivity contribution < 1.29 is 14.7 Å². The number of aromatic hydroxyl groups is 1. The number of rotatable bonds is 6. The molecule has 4 N–H and O–H groups in total. The number of phenolic OH excluding ortho intramolecular Hbond substituents is 1. The summed E-state index contributed by atoms with van der Waals surface area (Å²) in [5.41, 5.74) is 11.9. The molecule has 3 aromatic carbocycles. The van der Waals surface area contributed by atoms with Gasteiger partial charge in [-0.05, 0) is 66.7 Å². The Labute approximate surface area is 246 Å². The van der Waals surface area contributed by atoms with Crippen molar-refractivity contribution in [1.29, 1.82) is 0 Å². The maximum atomic E-state index is 12.8. The average molecular weight is 565 g/mol. The summed E-state index contributed by atoms with van der Waals surface area (Å²) >= 11 is 0. The molecular formula is C34H24N6O3. The number of phenols is 1. The maximum absolute atomic E-state index is 12.8. The molecule has 0 aliphatic carbocycles. The Morgan fingerprint density at radius 2 is 1.77 bits per heavy atom. The molecular weight excluding hydrogens is 540 g/mol. The number of nitrogens with one attached hydrogen (secondary N) is 1. The van der Waals surface area contributed by atoms with Crippen molar-refractivity contribution in [3.63, 3.8) is 0 Å². The van der Waals surface area contributed by atoms with E-state index in [1.165, 1.54) is 12.1 Å². The number of imidazole rings is 1. The van der Waals surface area contributed by atoms with Crippen molar-refractivity contribution in [2.45, 2.75) is 0 Å². The van der Waals surface area contributed by atoms with Crippen LogP contribution >= 0.6 is 0 Å². The highest BCUT2D eigenvalue weighted by molar-refractivity contribution is 5.94. The Hall–Kier alpha value is -6.27.